The molecule has 2 aromatic carbocycles. The van der Waals surface area contributed by atoms with E-state index in [1.165, 1.54) is 243 Å². The van der Waals surface area contributed by atoms with Crippen LogP contribution in [0, 0.1) is 13.8 Å². The Morgan fingerprint density at radius 3 is 0.887 bits per heavy atom. The second kappa shape index (κ2) is 47.7. The zero-order chi connectivity index (χ0) is 51.5. The molecule has 2 aromatic rings. The molecule has 0 aromatic heterocycles. The van der Waals surface area contributed by atoms with Gasteiger partial charge in [0.2, 0.25) is 11.4 Å². The van der Waals surface area contributed by atoms with Gasteiger partial charge in [-0.1, -0.05) is 261 Å². The molecule has 2 nitrogen and oxygen atoms in total. The van der Waals surface area contributed by atoms with Gasteiger partial charge in [0, 0.05) is 22.8 Å². The van der Waals surface area contributed by atoms with Gasteiger partial charge in [0.25, 0.3) is 0 Å². The maximum Gasteiger partial charge on any atom is 2.00 e. The maximum absolute atomic E-state index is 11.7. The molecule has 0 fully saturated rings. The topological polar surface area (TPSA) is 25.3 Å². The van der Waals surface area contributed by atoms with Crippen molar-refractivity contribution in [2.24, 2.45) is 0 Å². The van der Waals surface area contributed by atoms with E-state index in [-0.39, 0.29) is 16.5 Å². The molecular weight excluding hydrogens is 903 g/mol. The Morgan fingerprint density at radius 2 is 0.620 bits per heavy atom. The van der Waals surface area contributed by atoms with E-state index in [4.69, 9.17) is 0 Å². The van der Waals surface area contributed by atoms with Gasteiger partial charge >= 0.3 is 16.5 Å². The van der Waals surface area contributed by atoms with E-state index in [0.29, 0.717) is 0 Å². The van der Waals surface area contributed by atoms with Crippen molar-refractivity contribution in [2.45, 2.75) is 326 Å². The Balaban J connectivity index is 0.00000117. The Hall–Kier alpha value is -1.99. The number of unbranched alkanes of at least 4 members (excludes halogenated alkanes) is 31. The summed E-state index contributed by atoms with van der Waals surface area (Å²) in [5.41, 5.74) is 25.9. The molecule has 71 heavy (non-hydrogen) atoms. The molecule has 1 aliphatic heterocycles. The summed E-state index contributed by atoms with van der Waals surface area (Å²) in [6.07, 6.45) is 57.0. The average molecular weight is 1020 g/mol. The number of benzene rings is 2. The molecule has 0 amide bonds. The minimum Gasteiger partial charge on any atom is -0.493 e. The third kappa shape index (κ3) is 29.6. The van der Waals surface area contributed by atoms with Gasteiger partial charge in [-0.05, 0) is 109 Å². The fourth-order valence-electron chi connectivity index (χ4n) is 10.8. The summed E-state index contributed by atoms with van der Waals surface area (Å²) in [5, 5.41) is 0. The van der Waals surface area contributed by atoms with Gasteiger partial charge in [-0.2, -0.15) is 12.8 Å². The van der Waals surface area contributed by atoms with Crippen LogP contribution < -0.4 is 0 Å². The molecule has 0 bridgehead atoms. The second-order valence-corrected chi connectivity index (χ2v) is 21.1. The van der Waals surface area contributed by atoms with Crippen LogP contribution >= 0.6 is 0 Å². The molecule has 410 valence electrons. The summed E-state index contributed by atoms with van der Waals surface area (Å²) >= 11 is 0. The number of nitrogens with zero attached hydrogens (tertiary/aromatic N) is 2. The predicted molar refractivity (Wildman–Crippen MR) is 317 cm³/mol. The van der Waals surface area contributed by atoms with Crippen molar-refractivity contribution in [3.8, 4) is 0 Å². The normalized spacial score (nSPS) is 12.2. The SMILES string of the molecule is CCCCCCC1=C(c2cc(CC)c(CC)c(CC)c2)[N+](=[N-])C(c2cc(CC)c(CC)c(CC)c2)=C1.[CH2-]CCCCCCCCCCCCCCCC.[CH2-]CCCCCCCCCCCCCCCC.[Ni+2]. The molecule has 0 atom stereocenters. The van der Waals surface area contributed by atoms with Gasteiger partial charge in [0.15, 0.2) is 0 Å². The van der Waals surface area contributed by atoms with Crippen molar-refractivity contribution >= 4 is 11.4 Å². The van der Waals surface area contributed by atoms with Crippen LogP contribution in [-0.2, 0) is 55.0 Å². The third-order valence-electron chi connectivity index (χ3n) is 15.2. The quantitative estimate of drug-likeness (QED) is 0.0275. The van der Waals surface area contributed by atoms with Crippen LogP contribution in [0.15, 0.2) is 35.9 Å². The summed E-state index contributed by atoms with van der Waals surface area (Å²) in [4.78, 5) is 0. The molecule has 0 unspecified atom stereocenters. The molecule has 3 heteroatoms. The van der Waals surface area contributed by atoms with Crippen molar-refractivity contribution in [2.75, 3.05) is 0 Å². The maximum atomic E-state index is 11.7. The first kappa shape index (κ1) is 69.0. The van der Waals surface area contributed by atoms with Crippen LogP contribution in [0.5, 0.6) is 0 Å². The number of hydrogen-bond donors (Lipinski definition) is 0. The molecule has 0 spiro atoms. The molecule has 0 N–H and O–H groups in total. The number of rotatable bonds is 41. The summed E-state index contributed by atoms with van der Waals surface area (Å²) in [6, 6.07) is 9.32. The number of hydrogen-bond acceptors (Lipinski definition) is 0. The van der Waals surface area contributed by atoms with E-state index in [1.54, 1.807) is 0 Å². The van der Waals surface area contributed by atoms with Crippen LogP contribution in [0.4, 0.5) is 0 Å². The zero-order valence-corrected chi connectivity index (χ0v) is 50.0. The summed E-state index contributed by atoms with van der Waals surface area (Å²) in [6.45, 7) is 28.1. The van der Waals surface area contributed by atoms with Crippen molar-refractivity contribution in [3.63, 3.8) is 0 Å². The van der Waals surface area contributed by atoms with E-state index in [0.717, 1.165) is 86.7 Å². The minimum atomic E-state index is 0. The molecule has 0 radical (unpaired) electrons. The van der Waals surface area contributed by atoms with E-state index < -0.39 is 0 Å². The molecule has 1 aliphatic rings. The van der Waals surface area contributed by atoms with Crippen LogP contribution in [0.1, 0.15) is 332 Å². The largest absolute Gasteiger partial charge is 2.00 e. The summed E-state index contributed by atoms with van der Waals surface area (Å²) in [5.74, 6) is 0. The molecule has 0 saturated carbocycles. The summed E-state index contributed by atoms with van der Waals surface area (Å²) in [7, 11) is 0. The van der Waals surface area contributed by atoms with Crippen molar-refractivity contribution in [1.29, 1.82) is 0 Å². The van der Waals surface area contributed by atoms with Crippen LogP contribution in [0.2, 0.25) is 0 Å². The summed E-state index contributed by atoms with van der Waals surface area (Å²) < 4.78 is 1.51. The van der Waals surface area contributed by atoms with Crippen molar-refractivity contribution in [3.05, 3.63) is 99.8 Å². The minimum absolute atomic E-state index is 0. The monoisotopic (exact) mass is 1020 g/mol. The number of aryl methyl sites for hydroxylation is 4. The first-order valence-electron chi connectivity index (χ1n) is 31.1. The third-order valence-corrected chi connectivity index (χ3v) is 15.2. The van der Waals surface area contributed by atoms with Gasteiger partial charge in [0.05, 0.1) is 0 Å². The van der Waals surface area contributed by atoms with E-state index >= 15 is 0 Å². The molecule has 0 aliphatic carbocycles. The molecule has 1 heterocycles. The van der Waals surface area contributed by atoms with Crippen molar-refractivity contribution in [1.82, 2.24) is 0 Å². The molecule has 3 rings (SSSR count). The van der Waals surface area contributed by atoms with Gasteiger partial charge in [0.1, 0.15) is 0 Å². The van der Waals surface area contributed by atoms with E-state index in [1.807, 2.05) is 0 Å². The molecular formula is C68H118N2Ni. The average Bonchev–Trinajstić information content (AvgIpc) is 3.72. The standard InChI is InChI=1S/C34H48N2.2C17H35.Ni/c1-8-15-16-17-18-28-23-33(29-19-24(9-2)31(13-6)25(10-3)20-29)36(35)34(28)30-21-26(11-4)32(14-7)27(12-5)22-30;2*1-3-5-7-9-11-13-15-17-16-14-12-10-8-6-4-2;/h19-23H,8-18H2,1-7H3;2*1,3-17H2,2H3;/q;2*-1;+2. The van der Waals surface area contributed by atoms with Gasteiger partial charge < -0.3 is 19.4 Å². The van der Waals surface area contributed by atoms with Crippen molar-refractivity contribution < 1.29 is 21.2 Å². The fourth-order valence-corrected chi connectivity index (χ4v) is 10.8. The van der Waals surface area contributed by atoms with Gasteiger partial charge in [-0.15, -0.1) is 0 Å². The Morgan fingerprint density at radius 1 is 0.352 bits per heavy atom. The van der Waals surface area contributed by atoms with Gasteiger partial charge in [-0.3, -0.25) is 0 Å². The smallest absolute Gasteiger partial charge is 0.493 e. The van der Waals surface area contributed by atoms with E-state index in [2.05, 4.69) is 107 Å². The fraction of sp³-hybridized carbons (Fsp3) is 0.735. The van der Waals surface area contributed by atoms with Gasteiger partial charge in [-0.25, -0.2) is 4.70 Å². The van der Waals surface area contributed by atoms with E-state index in [9.17, 15) is 5.53 Å². The second-order valence-electron chi connectivity index (χ2n) is 21.1. The zero-order valence-electron chi connectivity index (χ0n) is 49.0. The van der Waals surface area contributed by atoms with Crippen LogP contribution in [0.25, 0.3) is 16.9 Å². The number of allylic oxidation sites excluding steroid dienone is 2. The first-order valence-corrected chi connectivity index (χ1v) is 31.1. The Labute approximate surface area is 455 Å². The predicted octanol–water partition coefficient (Wildman–Crippen LogP) is 23.2. The first-order chi connectivity index (χ1) is 34.3. The van der Waals surface area contributed by atoms with Crippen LogP contribution in [0.3, 0.4) is 0 Å². The Kier molecular flexibility index (Phi) is 46.4. The Bertz CT molecular complexity index is 1540. The van der Waals surface area contributed by atoms with Crippen LogP contribution in [-0.4, -0.2) is 4.70 Å². The molecule has 0 saturated heterocycles.